The number of carbonyl (C=O) groups excluding carboxylic acids is 2. The summed E-state index contributed by atoms with van der Waals surface area (Å²) >= 11 is 0. The van der Waals surface area contributed by atoms with Gasteiger partial charge in [-0.1, -0.05) is 20.8 Å². The van der Waals surface area contributed by atoms with Crippen LogP contribution in [0.3, 0.4) is 0 Å². The monoisotopic (exact) mass is 475 g/mol. The summed E-state index contributed by atoms with van der Waals surface area (Å²) in [6.45, 7) is 7.48. The molecule has 0 saturated carbocycles. The number of aromatic nitrogens is 2. The average molecular weight is 476 g/mol. The number of likely N-dealkylation sites (N-methyl/N-ethyl adjacent to an activating group) is 1. The molecule has 2 atom stereocenters. The first kappa shape index (κ1) is 24.3. The van der Waals surface area contributed by atoms with Gasteiger partial charge in [0.1, 0.15) is 6.04 Å². The Bertz CT molecular complexity index is 1110. The van der Waals surface area contributed by atoms with Crippen molar-refractivity contribution in [2.24, 2.45) is 5.41 Å². The van der Waals surface area contributed by atoms with Crippen molar-refractivity contribution < 1.29 is 23.5 Å². The highest BCUT2D eigenvalue weighted by Gasteiger charge is 2.39. The first-order chi connectivity index (χ1) is 16.0. The van der Waals surface area contributed by atoms with Crippen LogP contribution in [0.5, 0.6) is 0 Å². The Morgan fingerprint density at radius 3 is 2.56 bits per heavy atom. The smallest absolute Gasteiger partial charge is 0.343 e. The van der Waals surface area contributed by atoms with Gasteiger partial charge in [-0.3, -0.25) is 4.79 Å². The van der Waals surface area contributed by atoms with Crippen LogP contribution in [0, 0.1) is 17.0 Å². The van der Waals surface area contributed by atoms with Crippen molar-refractivity contribution in [2.75, 3.05) is 26.7 Å². The first-order valence-corrected chi connectivity index (χ1v) is 11.5. The molecule has 2 amide bonds. The minimum atomic E-state index is -0.986. The fraction of sp³-hybridized carbons (Fsp3) is 0.542. The van der Waals surface area contributed by atoms with Crippen molar-refractivity contribution in [1.29, 1.82) is 0 Å². The van der Waals surface area contributed by atoms with Gasteiger partial charge in [-0.2, -0.15) is 9.78 Å². The minimum Gasteiger partial charge on any atom is -0.391 e. The van der Waals surface area contributed by atoms with Gasteiger partial charge in [-0.15, -0.1) is 0 Å². The average Bonchev–Trinajstić information content (AvgIpc) is 3.36. The van der Waals surface area contributed by atoms with Crippen LogP contribution >= 0.6 is 0 Å². The number of benzene rings is 1. The first-order valence-electron chi connectivity index (χ1n) is 11.5. The standard InChI is InChI=1S/C24H31F2N5O3/c1-24(2,3)21(22(33)30-10-7-15(32)12-30)27-23(34)31-19-8-9-29(4)13-16(19)20(28-31)14-5-6-17(25)18(26)11-14/h5-6,11,15,21,32H,7-10,12-13H2,1-4H3,(H,27,34). The van der Waals surface area contributed by atoms with E-state index in [1.165, 1.54) is 10.7 Å². The lowest BCUT2D eigenvalue weighted by Gasteiger charge is -2.33. The lowest BCUT2D eigenvalue weighted by atomic mass is 9.86. The number of nitrogens with one attached hydrogen (secondary N) is 1. The van der Waals surface area contributed by atoms with E-state index in [1.54, 1.807) is 4.90 Å². The van der Waals surface area contributed by atoms with Crippen LogP contribution in [-0.4, -0.2) is 75.5 Å². The van der Waals surface area contributed by atoms with Crippen molar-refractivity contribution in [3.8, 4) is 11.3 Å². The number of hydrogen-bond donors (Lipinski definition) is 2. The lowest BCUT2D eigenvalue weighted by molar-refractivity contribution is -0.135. The fourth-order valence-electron chi connectivity index (χ4n) is 4.56. The van der Waals surface area contributed by atoms with E-state index >= 15 is 0 Å². The van der Waals surface area contributed by atoms with Crippen LogP contribution < -0.4 is 5.32 Å². The van der Waals surface area contributed by atoms with Crippen molar-refractivity contribution >= 4 is 11.9 Å². The highest BCUT2D eigenvalue weighted by atomic mass is 19.2. The summed E-state index contributed by atoms with van der Waals surface area (Å²) in [7, 11) is 1.94. The molecule has 2 unspecified atom stereocenters. The SMILES string of the molecule is CN1CCc2c(c(-c3ccc(F)c(F)c3)nn2C(=O)NC(C(=O)N2CCC(O)C2)C(C)(C)C)C1. The van der Waals surface area contributed by atoms with Crippen LogP contribution in [0.25, 0.3) is 11.3 Å². The quantitative estimate of drug-likeness (QED) is 0.712. The van der Waals surface area contributed by atoms with E-state index < -0.39 is 35.2 Å². The van der Waals surface area contributed by atoms with E-state index in [1.807, 2.05) is 27.8 Å². The molecule has 184 valence electrons. The van der Waals surface area contributed by atoms with Gasteiger partial charge in [-0.25, -0.2) is 13.6 Å². The van der Waals surface area contributed by atoms with Gasteiger partial charge < -0.3 is 20.2 Å². The van der Waals surface area contributed by atoms with Crippen LogP contribution in [0.1, 0.15) is 38.4 Å². The number of fused-ring (bicyclic) bond motifs is 1. The number of aliphatic hydroxyl groups is 1. The summed E-state index contributed by atoms with van der Waals surface area (Å²) in [5.41, 5.74) is 1.67. The summed E-state index contributed by atoms with van der Waals surface area (Å²) < 4.78 is 28.7. The highest BCUT2D eigenvalue weighted by molar-refractivity contribution is 5.89. The Balaban J connectivity index is 1.68. The number of carbonyl (C=O) groups is 2. The summed E-state index contributed by atoms with van der Waals surface area (Å²) in [4.78, 5) is 30.3. The van der Waals surface area contributed by atoms with Gasteiger partial charge in [0.05, 0.1) is 17.5 Å². The predicted octanol–water partition coefficient (Wildman–Crippen LogP) is 2.38. The summed E-state index contributed by atoms with van der Waals surface area (Å²) in [6.07, 6.45) is 0.491. The largest absolute Gasteiger partial charge is 0.391 e. The van der Waals surface area contributed by atoms with E-state index in [-0.39, 0.29) is 12.5 Å². The second-order valence-electron chi connectivity index (χ2n) is 10.3. The Hall–Kier alpha value is -2.85. The maximum absolute atomic E-state index is 13.9. The lowest BCUT2D eigenvalue weighted by Crippen LogP contribution is -2.55. The van der Waals surface area contributed by atoms with Gasteiger partial charge in [-0.05, 0) is 37.1 Å². The van der Waals surface area contributed by atoms with Crippen LogP contribution in [0.15, 0.2) is 18.2 Å². The number of likely N-dealkylation sites (tertiary alicyclic amines) is 1. The molecule has 34 heavy (non-hydrogen) atoms. The zero-order chi connectivity index (χ0) is 24.8. The molecule has 2 aliphatic heterocycles. The van der Waals surface area contributed by atoms with Gasteiger partial charge in [0.2, 0.25) is 5.91 Å². The third-order valence-electron chi connectivity index (χ3n) is 6.49. The van der Waals surface area contributed by atoms with E-state index in [0.717, 1.165) is 17.7 Å². The molecule has 0 spiro atoms. The van der Waals surface area contributed by atoms with Gasteiger partial charge in [0.25, 0.3) is 0 Å². The second-order valence-corrected chi connectivity index (χ2v) is 10.3. The highest BCUT2D eigenvalue weighted by Crippen LogP contribution is 2.31. The predicted molar refractivity (Wildman–Crippen MR) is 122 cm³/mol. The van der Waals surface area contributed by atoms with E-state index in [9.17, 15) is 23.5 Å². The number of hydrogen-bond acceptors (Lipinski definition) is 5. The molecule has 1 aromatic carbocycles. The minimum absolute atomic E-state index is 0.241. The number of halogens is 2. The van der Waals surface area contributed by atoms with E-state index in [0.29, 0.717) is 49.4 Å². The molecule has 1 aromatic heterocycles. The fourth-order valence-corrected chi connectivity index (χ4v) is 4.56. The molecule has 2 N–H and O–H groups in total. The molecular formula is C24H31F2N5O3. The molecule has 1 fully saturated rings. The number of aliphatic hydroxyl groups excluding tert-OH is 1. The van der Waals surface area contributed by atoms with Crippen LogP contribution in [-0.2, 0) is 17.8 Å². The molecule has 2 aromatic rings. The van der Waals surface area contributed by atoms with Crippen molar-refractivity contribution in [1.82, 2.24) is 24.9 Å². The number of nitrogens with zero attached hydrogens (tertiary/aromatic N) is 4. The molecule has 10 heteroatoms. The zero-order valence-electron chi connectivity index (χ0n) is 19.9. The zero-order valence-corrected chi connectivity index (χ0v) is 19.9. The summed E-state index contributed by atoms with van der Waals surface area (Å²) in [6, 6.07) is 2.18. The normalized spacial score (nSPS) is 19.7. The molecule has 0 aliphatic carbocycles. The topological polar surface area (TPSA) is 90.7 Å². The third-order valence-corrected chi connectivity index (χ3v) is 6.49. The Morgan fingerprint density at radius 2 is 1.94 bits per heavy atom. The summed E-state index contributed by atoms with van der Waals surface area (Å²) in [5, 5.41) is 17.2. The number of β-amino-alcohol motifs (C(OH)–C–C–N with tert-alkyl or cyclic N) is 1. The van der Waals surface area contributed by atoms with Crippen LogP contribution in [0.2, 0.25) is 0 Å². The number of amides is 2. The molecule has 0 bridgehead atoms. The van der Waals surface area contributed by atoms with E-state index in [2.05, 4.69) is 15.3 Å². The van der Waals surface area contributed by atoms with Crippen LogP contribution in [0.4, 0.5) is 13.6 Å². The maximum Gasteiger partial charge on any atom is 0.343 e. The van der Waals surface area contributed by atoms with Gasteiger partial charge >= 0.3 is 6.03 Å². The molecule has 1 saturated heterocycles. The van der Waals surface area contributed by atoms with Gasteiger partial charge in [0, 0.05) is 43.7 Å². The molecule has 8 nitrogen and oxygen atoms in total. The number of rotatable bonds is 3. The molecular weight excluding hydrogens is 444 g/mol. The van der Waals surface area contributed by atoms with Crippen molar-refractivity contribution in [3.63, 3.8) is 0 Å². The Labute approximate surface area is 197 Å². The molecule has 0 radical (unpaired) electrons. The van der Waals surface area contributed by atoms with E-state index in [4.69, 9.17) is 0 Å². The third kappa shape index (κ3) is 4.69. The van der Waals surface area contributed by atoms with Gasteiger partial charge in [0.15, 0.2) is 11.6 Å². The van der Waals surface area contributed by atoms with Crippen molar-refractivity contribution in [3.05, 3.63) is 41.1 Å². The molecule has 2 aliphatic rings. The Morgan fingerprint density at radius 1 is 1.21 bits per heavy atom. The Kier molecular flexibility index (Phi) is 6.48. The maximum atomic E-state index is 13.9. The molecule has 4 rings (SSSR count). The second kappa shape index (κ2) is 9.07. The van der Waals surface area contributed by atoms with Crippen molar-refractivity contribution in [2.45, 2.75) is 52.3 Å². The summed E-state index contributed by atoms with van der Waals surface area (Å²) in [5.74, 6) is -2.19. The molecule has 3 heterocycles.